The first-order chi connectivity index (χ1) is 16.0. The monoisotopic (exact) mass is 445 g/mol. The molecule has 170 valence electrons. The van der Waals surface area contributed by atoms with E-state index in [9.17, 15) is 9.59 Å². The van der Waals surface area contributed by atoms with Gasteiger partial charge in [0, 0.05) is 13.2 Å². The normalized spacial score (nSPS) is 19.8. The van der Waals surface area contributed by atoms with E-state index in [-0.39, 0.29) is 23.2 Å². The molecule has 2 aliphatic heterocycles. The number of hydrogen-bond acceptors (Lipinski definition) is 5. The summed E-state index contributed by atoms with van der Waals surface area (Å²) in [4.78, 5) is 29.0. The van der Waals surface area contributed by atoms with Crippen LogP contribution in [0.5, 0.6) is 5.75 Å². The number of carbonyl (C=O) groups is 1. The Bertz CT molecular complexity index is 1280. The highest BCUT2D eigenvalue weighted by atomic mass is 16.5. The first kappa shape index (κ1) is 21.5. The first-order valence-electron chi connectivity index (χ1n) is 11.3. The van der Waals surface area contributed by atoms with Gasteiger partial charge in [-0.1, -0.05) is 30.9 Å². The van der Waals surface area contributed by atoms with E-state index in [1.165, 1.54) is 0 Å². The van der Waals surface area contributed by atoms with Crippen LogP contribution in [0, 0.1) is 13.8 Å². The largest absolute Gasteiger partial charge is 0.490 e. The highest BCUT2D eigenvalue weighted by molar-refractivity contribution is 5.99. The zero-order valence-electron chi connectivity index (χ0n) is 18.9. The van der Waals surface area contributed by atoms with Crippen molar-refractivity contribution in [2.45, 2.75) is 38.8 Å². The van der Waals surface area contributed by atoms with E-state index in [2.05, 4.69) is 6.58 Å². The third kappa shape index (κ3) is 3.74. The van der Waals surface area contributed by atoms with Crippen molar-refractivity contribution in [1.29, 1.82) is 0 Å². The first-order valence-corrected chi connectivity index (χ1v) is 11.3. The molecule has 0 aliphatic carbocycles. The molecule has 1 fully saturated rings. The lowest BCUT2D eigenvalue weighted by Gasteiger charge is -2.27. The Labute approximate surface area is 192 Å². The Morgan fingerprint density at radius 3 is 2.67 bits per heavy atom. The molecule has 33 heavy (non-hydrogen) atoms. The molecule has 3 heterocycles. The number of hydrogen-bond donors (Lipinski definition) is 0. The third-order valence-electron chi connectivity index (χ3n) is 6.40. The van der Waals surface area contributed by atoms with Crippen molar-refractivity contribution in [1.82, 2.24) is 4.90 Å². The molecule has 2 unspecified atom stereocenters. The fourth-order valence-electron chi connectivity index (χ4n) is 4.96. The summed E-state index contributed by atoms with van der Waals surface area (Å²) in [7, 11) is 0. The number of fused-ring (bicyclic) bond motifs is 2. The molecule has 0 radical (unpaired) electrons. The molecule has 5 rings (SSSR count). The molecule has 2 aliphatic rings. The molecule has 2 atom stereocenters. The van der Waals surface area contributed by atoms with Gasteiger partial charge in [0.25, 0.3) is 5.91 Å². The minimum Gasteiger partial charge on any atom is -0.490 e. The van der Waals surface area contributed by atoms with Crippen LogP contribution in [0.1, 0.15) is 51.7 Å². The lowest BCUT2D eigenvalue weighted by Crippen LogP contribution is -2.36. The summed E-state index contributed by atoms with van der Waals surface area (Å²) < 4.78 is 17.5. The van der Waals surface area contributed by atoms with Gasteiger partial charge in [-0.2, -0.15) is 0 Å². The highest BCUT2D eigenvalue weighted by Gasteiger charge is 2.44. The van der Waals surface area contributed by atoms with Crippen molar-refractivity contribution < 1.29 is 18.7 Å². The molecule has 0 saturated carbocycles. The van der Waals surface area contributed by atoms with Gasteiger partial charge in [0.2, 0.25) is 5.76 Å². The van der Waals surface area contributed by atoms with Gasteiger partial charge < -0.3 is 18.8 Å². The number of amides is 1. The minimum absolute atomic E-state index is 0.0468. The summed E-state index contributed by atoms with van der Waals surface area (Å²) in [5.41, 5.74) is 3.37. The maximum absolute atomic E-state index is 13.8. The number of benzene rings is 2. The second kappa shape index (κ2) is 8.52. The van der Waals surface area contributed by atoms with E-state index in [1.54, 1.807) is 11.0 Å². The van der Waals surface area contributed by atoms with Gasteiger partial charge in [0.15, 0.2) is 5.43 Å². The fourth-order valence-corrected chi connectivity index (χ4v) is 4.96. The Balaban J connectivity index is 1.65. The van der Waals surface area contributed by atoms with E-state index in [4.69, 9.17) is 13.9 Å². The lowest BCUT2D eigenvalue weighted by molar-refractivity contribution is 0.0486. The topological polar surface area (TPSA) is 69.0 Å². The molecule has 0 bridgehead atoms. The summed E-state index contributed by atoms with van der Waals surface area (Å²) in [6.07, 6.45) is 3.50. The number of carbonyl (C=O) groups excluding carboxylic acids is 1. The molecule has 0 spiro atoms. The summed E-state index contributed by atoms with van der Waals surface area (Å²) in [5, 5.41) is 0.530. The van der Waals surface area contributed by atoms with Crippen LogP contribution < -0.4 is 10.2 Å². The molecule has 3 aromatic rings. The van der Waals surface area contributed by atoms with E-state index in [0.717, 1.165) is 29.5 Å². The molecule has 1 aromatic heterocycles. The molecule has 2 aromatic carbocycles. The summed E-state index contributed by atoms with van der Waals surface area (Å²) in [6.45, 7) is 9.03. The Morgan fingerprint density at radius 2 is 1.97 bits per heavy atom. The second-order valence-corrected chi connectivity index (χ2v) is 8.79. The second-order valence-electron chi connectivity index (χ2n) is 8.79. The maximum atomic E-state index is 13.8. The molecule has 6 heteroatoms. The van der Waals surface area contributed by atoms with Gasteiger partial charge in [0.1, 0.15) is 17.9 Å². The number of ether oxygens (including phenoxy) is 2. The number of aryl methyl sites for hydroxylation is 2. The van der Waals surface area contributed by atoms with Crippen LogP contribution in [-0.4, -0.2) is 36.7 Å². The Kier molecular flexibility index (Phi) is 5.54. The number of rotatable bonds is 6. The molecular formula is C27H27NO5. The highest BCUT2D eigenvalue weighted by Crippen LogP contribution is 2.39. The van der Waals surface area contributed by atoms with Crippen molar-refractivity contribution in [2.24, 2.45) is 0 Å². The predicted molar refractivity (Wildman–Crippen MR) is 126 cm³/mol. The third-order valence-corrected chi connectivity index (χ3v) is 6.40. The Hall–Kier alpha value is -3.38. The fraction of sp³-hybridized carbons (Fsp3) is 0.333. The van der Waals surface area contributed by atoms with Crippen LogP contribution >= 0.6 is 0 Å². The van der Waals surface area contributed by atoms with Crippen molar-refractivity contribution in [2.75, 3.05) is 19.8 Å². The lowest BCUT2D eigenvalue weighted by atomic mass is 9.96. The standard InChI is InChI=1S/C27H27NO5/c1-4-11-31-19-9-7-18(8-10-19)24-23-25(29)22-17(3)13-16(2)14-21(22)33-26(23)27(30)28(24)15-20-6-5-12-32-20/h4,7-10,13-14,20,24H,1,5-6,11-12,15H2,2-3H3. The van der Waals surface area contributed by atoms with Crippen molar-refractivity contribution in [3.8, 4) is 5.75 Å². The smallest absolute Gasteiger partial charge is 0.291 e. The van der Waals surface area contributed by atoms with Crippen LogP contribution in [-0.2, 0) is 4.74 Å². The maximum Gasteiger partial charge on any atom is 0.291 e. The summed E-state index contributed by atoms with van der Waals surface area (Å²) >= 11 is 0. The van der Waals surface area contributed by atoms with Gasteiger partial charge in [-0.15, -0.1) is 0 Å². The van der Waals surface area contributed by atoms with Crippen LogP contribution in [0.25, 0.3) is 11.0 Å². The average Bonchev–Trinajstić information content (AvgIpc) is 3.40. The number of nitrogens with zero attached hydrogens (tertiary/aromatic N) is 1. The van der Waals surface area contributed by atoms with Crippen LogP contribution in [0.4, 0.5) is 0 Å². The van der Waals surface area contributed by atoms with Gasteiger partial charge in [-0.05, 0) is 61.6 Å². The van der Waals surface area contributed by atoms with Crippen molar-refractivity contribution in [3.05, 3.63) is 87.3 Å². The molecule has 1 saturated heterocycles. The van der Waals surface area contributed by atoms with Crippen molar-refractivity contribution in [3.63, 3.8) is 0 Å². The molecule has 0 N–H and O–H groups in total. The SMILES string of the molecule is C=CCOc1ccc(C2c3c(oc4cc(C)cc(C)c4c3=O)C(=O)N2CC2CCCO2)cc1. The van der Waals surface area contributed by atoms with Gasteiger partial charge >= 0.3 is 0 Å². The van der Waals surface area contributed by atoms with Crippen molar-refractivity contribution >= 4 is 16.9 Å². The zero-order valence-corrected chi connectivity index (χ0v) is 18.9. The van der Waals surface area contributed by atoms with E-state index in [0.29, 0.717) is 42.0 Å². The van der Waals surface area contributed by atoms with Crippen LogP contribution in [0.2, 0.25) is 0 Å². The van der Waals surface area contributed by atoms with Gasteiger partial charge in [-0.25, -0.2) is 0 Å². The zero-order chi connectivity index (χ0) is 23.1. The average molecular weight is 446 g/mol. The van der Waals surface area contributed by atoms with Crippen LogP contribution in [0.15, 0.2) is 58.3 Å². The van der Waals surface area contributed by atoms with Crippen LogP contribution in [0.3, 0.4) is 0 Å². The van der Waals surface area contributed by atoms with E-state index in [1.807, 2.05) is 50.2 Å². The van der Waals surface area contributed by atoms with E-state index >= 15 is 0 Å². The molecular weight excluding hydrogens is 418 g/mol. The minimum atomic E-state index is -0.536. The summed E-state index contributed by atoms with van der Waals surface area (Å²) in [5.74, 6) is 0.564. The summed E-state index contributed by atoms with van der Waals surface area (Å²) in [6, 6.07) is 10.8. The molecule has 6 nitrogen and oxygen atoms in total. The Morgan fingerprint density at radius 1 is 1.18 bits per heavy atom. The van der Waals surface area contributed by atoms with Gasteiger partial charge in [-0.3, -0.25) is 9.59 Å². The van der Waals surface area contributed by atoms with E-state index < -0.39 is 6.04 Å². The predicted octanol–water partition coefficient (Wildman–Crippen LogP) is 4.70. The van der Waals surface area contributed by atoms with Gasteiger partial charge in [0.05, 0.1) is 23.1 Å². The quantitative estimate of drug-likeness (QED) is 0.515. The molecule has 1 amide bonds.